The molecule has 3 heterocycles. The Balaban J connectivity index is 0.00000231. The number of amides is 1. The summed E-state index contributed by atoms with van der Waals surface area (Å²) in [5.41, 5.74) is 3.75. The van der Waals surface area contributed by atoms with Crippen molar-refractivity contribution in [2.24, 2.45) is 0 Å². The standard InChI is InChI=1S/C27H30Cl2N6O3S.2H2/c1-18-17-30-27(29)31-25(18)32-39(37,38)23-8-6-22(7-9-23)33-12-14-34(15-13-33)26(36)19(2)35-11-3-4-20-16-21(28)5-10-24(20)35;;/h5-10,16-17,19H,3-4,11-15H2,1-2H3,(H,30,31,32);2*1H/t19-;;/m1../s1. The second-order valence-corrected chi connectivity index (χ2v) is 12.3. The largest absolute Gasteiger partial charge is 0.368 e. The first-order chi connectivity index (χ1) is 18.6. The number of carbonyl (C=O) groups excluding carboxylic acids is 1. The smallest absolute Gasteiger partial charge is 0.263 e. The minimum absolute atomic E-state index is 0. The average Bonchev–Trinajstić information content (AvgIpc) is 2.94. The van der Waals surface area contributed by atoms with Gasteiger partial charge in [0, 0.05) is 63.7 Å². The summed E-state index contributed by atoms with van der Waals surface area (Å²) in [6.07, 6.45) is 3.42. The highest BCUT2D eigenvalue weighted by molar-refractivity contribution is 7.92. The van der Waals surface area contributed by atoms with Gasteiger partial charge in [-0.25, -0.2) is 13.4 Å². The Labute approximate surface area is 241 Å². The number of hydrogen-bond acceptors (Lipinski definition) is 7. The van der Waals surface area contributed by atoms with Crippen LogP contribution in [0.1, 0.15) is 27.3 Å². The van der Waals surface area contributed by atoms with Gasteiger partial charge in [0.1, 0.15) is 11.9 Å². The first-order valence-corrected chi connectivity index (χ1v) is 15.1. The fourth-order valence-electron chi connectivity index (χ4n) is 5.13. The van der Waals surface area contributed by atoms with Crippen LogP contribution < -0.4 is 14.5 Å². The Morgan fingerprint density at radius 2 is 1.77 bits per heavy atom. The zero-order valence-electron chi connectivity index (χ0n) is 21.8. The third-order valence-corrected chi connectivity index (χ3v) is 9.07. The van der Waals surface area contributed by atoms with Crippen LogP contribution in [0.25, 0.3) is 0 Å². The van der Waals surface area contributed by atoms with E-state index >= 15 is 0 Å². The molecular formula is C27H34Cl2N6O3S. The van der Waals surface area contributed by atoms with Gasteiger partial charge >= 0.3 is 0 Å². The maximum atomic E-state index is 13.4. The van der Waals surface area contributed by atoms with Gasteiger partial charge in [-0.2, -0.15) is 4.98 Å². The molecule has 1 N–H and O–H groups in total. The van der Waals surface area contributed by atoms with Crippen molar-refractivity contribution in [3.63, 3.8) is 0 Å². The van der Waals surface area contributed by atoms with Crippen LogP contribution >= 0.6 is 23.2 Å². The topological polar surface area (TPSA) is 98.7 Å². The van der Waals surface area contributed by atoms with Gasteiger partial charge in [0.15, 0.2) is 0 Å². The van der Waals surface area contributed by atoms with Crippen molar-refractivity contribution in [1.82, 2.24) is 14.9 Å². The summed E-state index contributed by atoms with van der Waals surface area (Å²) in [5.74, 6) is 0.260. The number of piperazine rings is 1. The van der Waals surface area contributed by atoms with Crippen LogP contribution in [-0.4, -0.2) is 68.0 Å². The third kappa shape index (κ3) is 5.92. The van der Waals surface area contributed by atoms with Gasteiger partial charge in [-0.3, -0.25) is 9.52 Å². The number of carbonyl (C=O) groups is 1. The Bertz CT molecular complexity index is 1490. The zero-order valence-corrected chi connectivity index (χ0v) is 24.1. The Kier molecular flexibility index (Phi) is 7.89. The summed E-state index contributed by atoms with van der Waals surface area (Å²) in [4.78, 5) is 27.6. The van der Waals surface area contributed by atoms with Crippen molar-refractivity contribution >= 4 is 56.3 Å². The van der Waals surface area contributed by atoms with Gasteiger partial charge in [0.2, 0.25) is 11.2 Å². The molecule has 1 fully saturated rings. The van der Waals surface area contributed by atoms with Crippen molar-refractivity contribution in [1.29, 1.82) is 0 Å². The molecule has 3 aromatic rings. The number of nitrogens with zero attached hydrogens (tertiary/aromatic N) is 5. The predicted molar refractivity (Wildman–Crippen MR) is 159 cm³/mol. The number of anilines is 3. The molecule has 210 valence electrons. The first-order valence-electron chi connectivity index (χ1n) is 12.8. The monoisotopic (exact) mass is 592 g/mol. The fraction of sp³-hybridized carbons (Fsp3) is 0.370. The highest BCUT2D eigenvalue weighted by atomic mass is 35.5. The van der Waals surface area contributed by atoms with Crippen molar-refractivity contribution in [3.8, 4) is 0 Å². The van der Waals surface area contributed by atoms with Gasteiger partial charge in [0.25, 0.3) is 10.0 Å². The summed E-state index contributed by atoms with van der Waals surface area (Å²) in [6, 6.07) is 12.3. The zero-order chi connectivity index (χ0) is 27.7. The molecule has 2 aliphatic heterocycles. The number of aromatic nitrogens is 2. The maximum Gasteiger partial charge on any atom is 0.263 e. The first kappa shape index (κ1) is 27.5. The lowest BCUT2D eigenvalue weighted by atomic mass is 10.00. The maximum absolute atomic E-state index is 13.4. The van der Waals surface area contributed by atoms with Gasteiger partial charge in [0.05, 0.1) is 4.90 Å². The van der Waals surface area contributed by atoms with Crippen LogP contribution in [0.4, 0.5) is 17.2 Å². The van der Waals surface area contributed by atoms with E-state index < -0.39 is 10.0 Å². The van der Waals surface area contributed by atoms with E-state index in [2.05, 4.69) is 24.5 Å². The number of hydrogen-bond donors (Lipinski definition) is 1. The van der Waals surface area contributed by atoms with E-state index in [1.54, 1.807) is 31.2 Å². The Morgan fingerprint density at radius 1 is 1.05 bits per heavy atom. The average molecular weight is 594 g/mol. The summed E-state index contributed by atoms with van der Waals surface area (Å²) in [6.45, 7) is 7.03. The number of aryl methyl sites for hydroxylation is 2. The lowest BCUT2D eigenvalue weighted by Gasteiger charge is -2.41. The number of sulfonamides is 1. The summed E-state index contributed by atoms with van der Waals surface area (Å²) in [5, 5.41) is 0.685. The van der Waals surface area contributed by atoms with E-state index in [0.717, 1.165) is 35.8 Å². The van der Waals surface area contributed by atoms with Crippen LogP contribution in [0.5, 0.6) is 0 Å². The second-order valence-electron chi connectivity index (χ2n) is 9.83. The summed E-state index contributed by atoms with van der Waals surface area (Å²) >= 11 is 12.0. The molecule has 12 heteroatoms. The highest BCUT2D eigenvalue weighted by Gasteiger charge is 2.31. The van der Waals surface area contributed by atoms with Gasteiger partial charge in [-0.15, -0.1) is 0 Å². The lowest BCUT2D eigenvalue weighted by molar-refractivity contribution is -0.132. The van der Waals surface area contributed by atoms with Crippen molar-refractivity contribution in [3.05, 3.63) is 70.1 Å². The lowest BCUT2D eigenvalue weighted by Crippen LogP contribution is -2.55. The molecule has 0 spiro atoms. The third-order valence-electron chi connectivity index (χ3n) is 7.30. The van der Waals surface area contributed by atoms with Gasteiger partial charge in [-0.05, 0) is 86.3 Å². The van der Waals surface area contributed by atoms with Crippen molar-refractivity contribution in [2.75, 3.05) is 47.2 Å². The quantitative estimate of drug-likeness (QED) is 0.407. The molecule has 0 aliphatic carbocycles. The number of benzene rings is 2. The molecule has 1 aromatic heterocycles. The molecule has 0 unspecified atom stereocenters. The molecule has 2 aromatic carbocycles. The van der Waals surface area contributed by atoms with E-state index in [4.69, 9.17) is 23.2 Å². The second kappa shape index (κ2) is 11.2. The summed E-state index contributed by atoms with van der Waals surface area (Å²) in [7, 11) is -3.85. The van der Waals surface area contributed by atoms with Crippen molar-refractivity contribution in [2.45, 2.75) is 37.6 Å². The number of halogens is 2. The summed E-state index contributed by atoms with van der Waals surface area (Å²) < 4.78 is 28.2. The van der Waals surface area contributed by atoms with E-state index in [1.807, 2.05) is 30.0 Å². The molecule has 1 saturated heterocycles. The van der Waals surface area contributed by atoms with Crippen LogP contribution in [0.15, 0.2) is 53.6 Å². The molecule has 0 radical (unpaired) electrons. The van der Waals surface area contributed by atoms with Gasteiger partial charge < -0.3 is 14.7 Å². The predicted octanol–water partition coefficient (Wildman–Crippen LogP) is 4.87. The molecule has 0 saturated carbocycles. The molecule has 1 amide bonds. The molecule has 2 aliphatic rings. The molecule has 0 bridgehead atoms. The normalized spacial score (nSPS) is 16.6. The van der Waals surface area contributed by atoms with E-state index in [-0.39, 0.29) is 30.8 Å². The SMILES string of the molecule is Cc1cnc(Cl)nc1NS(=O)(=O)c1ccc(N2CCN(C(=O)[C@@H](C)N3CCCc4cc(Cl)ccc43)CC2)cc1.[HH].[HH]. The molecular weight excluding hydrogens is 559 g/mol. The van der Waals surface area contributed by atoms with Gasteiger partial charge in [-0.1, -0.05) is 11.6 Å². The number of fused-ring (bicyclic) bond motifs is 1. The number of nitrogens with one attached hydrogen (secondary N) is 1. The molecule has 5 rings (SSSR count). The van der Waals surface area contributed by atoms with Crippen LogP contribution in [-0.2, 0) is 21.2 Å². The van der Waals surface area contributed by atoms with E-state index in [9.17, 15) is 13.2 Å². The minimum atomic E-state index is -3.85. The van der Waals surface area contributed by atoms with E-state index in [1.165, 1.54) is 11.8 Å². The molecule has 1 atom stereocenters. The number of rotatable bonds is 6. The van der Waals surface area contributed by atoms with Crippen LogP contribution in [0.2, 0.25) is 10.3 Å². The van der Waals surface area contributed by atoms with E-state index in [0.29, 0.717) is 31.7 Å². The van der Waals surface area contributed by atoms with Crippen LogP contribution in [0.3, 0.4) is 0 Å². The Morgan fingerprint density at radius 3 is 2.49 bits per heavy atom. The Hall–Kier alpha value is -3.08. The minimum Gasteiger partial charge on any atom is -0.368 e. The molecule has 39 heavy (non-hydrogen) atoms. The van der Waals surface area contributed by atoms with Crippen molar-refractivity contribution < 1.29 is 16.1 Å². The highest BCUT2D eigenvalue weighted by Crippen LogP contribution is 2.31. The molecule has 9 nitrogen and oxygen atoms in total. The fourth-order valence-corrected chi connectivity index (χ4v) is 6.53. The van der Waals surface area contributed by atoms with Crippen LogP contribution in [0, 0.1) is 6.92 Å².